The molecule has 0 bridgehead atoms. The zero-order chi connectivity index (χ0) is 16.0. The van der Waals surface area contributed by atoms with E-state index in [9.17, 15) is 14.4 Å². The van der Waals surface area contributed by atoms with Crippen molar-refractivity contribution in [3.05, 3.63) is 34.9 Å². The zero-order valence-electron chi connectivity index (χ0n) is 12.6. The van der Waals surface area contributed by atoms with Gasteiger partial charge in [-0.05, 0) is 32.4 Å². The zero-order valence-corrected chi connectivity index (χ0v) is 12.6. The summed E-state index contributed by atoms with van der Waals surface area (Å²) < 4.78 is 0. The van der Waals surface area contributed by atoms with Crippen molar-refractivity contribution >= 4 is 17.7 Å². The Kier molecular flexibility index (Phi) is 6.09. The van der Waals surface area contributed by atoms with Crippen LogP contribution in [0.4, 0.5) is 0 Å². The Hall–Kier alpha value is -2.17. The van der Waals surface area contributed by atoms with Crippen LogP contribution in [-0.2, 0) is 9.59 Å². The smallest absolute Gasteiger partial charge is 0.305 e. The van der Waals surface area contributed by atoms with Gasteiger partial charge in [0.1, 0.15) is 0 Å². The van der Waals surface area contributed by atoms with Crippen LogP contribution in [0.2, 0.25) is 0 Å². The van der Waals surface area contributed by atoms with Crippen LogP contribution in [0, 0.1) is 13.8 Å². The summed E-state index contributed by atoms with van der Waals surface area (Å²) in [6.07, 6.45) is 0.0583. The van der Waals surface area contributed by atoms with Gasteiger partial charge in [0.15, 0.2) is 5.78 Å². The van der Waals surface area contributed by atoms with Crippen molar-refractivity contribution in [3.63, 3.8) is 0 Å². The number of rotatable bonds is 7. The topological polar surface area (TPSA) is 83.5 Å². The number of benzene rings is 1. The first-order valence-corrected chi connectivity index (χ1v) is 6.91. The number of Topliss-reactive ketones (excluding diaryl/α,β-unsaturated/α-hetero) is 1. The fraction of sp³-hybridized carbons (Fsp3) is 0.438. The normalized spacial score (nSPS) is 11.8. The molecule has 21 heavy (non-hydrogen) atoms. The molecule has 1 amide bonds. The SMILES string of the molecule is Cc1ccc(C)c(C(=O)CCC(=O)NC(C)CC(=O)O)c1. The molecule has 1 unspecified atom stereocenters. The number of carboxylic acid groups (broad SMARTS) is 1. The van der Waals surface area contributed by atoms with E-state index < -0.39 is 12.0 Å². The van der Waals surface area contributed by atoms with Crippen molar-refractivity contribution in [1.29, 1.82) is 0 Å². The van der Waals surface area contributed by atoms with Crippen molar-refractivity contribution in [2.75, 3.05) is 0 Å². The quantitative estimate of drug-likeness (QED) is 0.755. The highest BCUT2D eigenvalue weighted by atomic mass is 16.4. The van der Waals surface area contributed by atoms with Crippen LogP contribution in [0.1, 0.15) is 47.7 Å². The average Bonchev–Trinajstić information content (AvgIpc) is 2.37. The number of nitrogens with one attached hydrogen (secondary N) is 1. The highest BCUT2D eigenvalue weighted by molar-refractivity contribution is 5.99. The van der Waals surface area contributed by atoms with Crippen molar-refractivity contribution < 1.29 is 19.5 Å². The summed E-state index contributed by atoms with van der Waals surface area (Å²) >= 11 is 0. The first kappa shape index (κ1) is 16.9. The molecule has 0 aliphatic heterocycles. The minimum atomic E-state index is -0.964. The minimum Gasteiger partial charge on any atom is -0.481 e. The fourth-order valence-corrected chi connectivity index (χ4v) is 2.06. The molecule has 5 nitrogen and oxygen atoms in total. The van der Waals surface area contributed by atoms with E-state index in [4.69, 9.17) is 5.11 Å². The molecule has 1 aromatic rings. The Labute approximate surface area is 124 Å². The van der Waals surface area contributed by atoms with Gasteiger partial charge in [-0.15, -0.1) is 0 Å². The molecule has 2 N–H and O–H groups in total. The lowest BCUT2D eigenvalue weighted by Crippen LogP contribution is -2.34. The average molecular weight is 291 g/mol. The summed E-state index contributed by atoms with van der Waals surface area (Å²) in [5, 5.41) is 11.2. The van der Waals surface area contributed by atoms with E-state index >= 15 is 0 Å². The van der Waals surface area contributed by atoms with E-state index in [1.54, 1.807) is 6.92 Å². The number of aryl methyl sites for hydroxylation is 2. The predicted octanol–water partition coefficient (Wildman–Crippen LogP) is 2.25. The predicted molar refractivity (Wildman–Crippen MR) is 79.3 cm³/mol. The monoisotopic (exact) mass is 291 g/mol. The van der Waals surface area contributed by atoms with Crippen molar-refractivity contribution in [2.45, 2.75) is 46.1 Å². The van der Waals surface area contributed by atoms with Gasteiger partial charge in [0, 0.05) is 24.4 Å². The number of aliphatic carboxylic acids is 1. The van der Waals surface area contributed by atoms with Gasteiger partial charge >= 0.3 is 5.97 Å². The number of carbonyl (C=O) groups excluding carboxylic acids is 2. The summed E-state index contributed by atoms with van der Waals surface area (Å²) in [6.45, 7) is 5.40. The molecule has 0 heterocycles. The summed E-state index contributed by atoms with van der Waals surface area (Å²) in [6, 6.07) is 5.21. The second-order valence-corrected chi connectivity index (χ2v) is 5.31. The standard InChI is InChI=1S/C16H21NO4/c1-10-4-5-11(2)13(8-10)14(18)6-7-15(19)17-12(3)9-16(20)21/h4-5,8,12H,6-7,9H2,1-3H3,(H,17,19)(H,20,21). The number of hydrogen-bond acceptors (Lipinski definition) is 3. The maximum atomic E-state index is 12.1. The Morgan fingerprint density at radius 3 is 2.48 bits per heavy atom. The molecule has 0 spiro atoms. The summed E-state index contributed by atoms with van der Waals surface area (Å²) in [4.78, 5) is 34.3. The van der Waals surface area contributed by atoms with Crippen LogP contribution in [0.15, 0.2) is 18.2 Å². The lowest BCUT2D eigenvalue weighted by atomic mass is 9.99. The first-order valence-electron chi connectivity index (χ1n) is 6.91. The molecule has 114 valence electrons. The lowest BCUT2D eigenvalue weighted by molar-refractivity contribution is -0.137. The lowest BCUT2D eigenvalue weighted by Gasteiger charge is -2.11. The summed E-state index contributed by atoms with van der Waals surface area (Å²) in [5.41, 5.74) is 2.54. The van der Waals surface area contributed by atoms with E-state index in [2.05, 4.69) is 5.32 Å². The van der Waals surface area contributed by atoms with Gasteiger partial charge in [0.2, 0.25) is 5.91 Å². The molecule has 1 rings (SSSR count). The van der Waals surface area contributed by atoms with E-state index in [0.29, 0.717) is 5.56 Å². The highest BCUT2D eigenvalue weighted by Crippen LogP contribution is 2.13. The molecular weight excluding hydrogens is 270 g/mol. The molecule has 0 saturated carbocycles. The van der Waals surface area contributed by atoms with Crippen LogP contribution < -0.4 is 5.32 Å². The van der Waals surface area contributed by atoms with Crippen LogP contribution in [0.25, 0.3) is 0 Å². The number of carboxylic acids is 1. The van der Waals surface area contributed by atoms with Gasteiger partial charge in [-0.3, -0.25) is 14.4 Å². The number of ketones is 1. The van der Waals surface area contributed by atoms with E-state index in [-0.39, 0.29) is 31.0 Å². The molecule has 0 aliphatic carbocycles. The Balaban J connectivity index is 2.51. The van der Waals surface area contributed by atoms with Crippen LogP contribution in [0.3, 0.4) is 0 Å². The number of hydrogen-bond donors (Lipinski definition) is 2. The number of carbonyl (C=O) groups is 3. The van der Waals surface area contributed by atoms with E-state index in [0.717, 1.165) is 11.1 Å². The van der Waals surface area contributed by atoms with Crippen LogP contribution in [-0.4, -0.2) is 28.8 Å². The van der Waals surface area contributed by atoms with E-state index in [1.807, 2.05) is 32.0 Å². The highest BCUT2D eigenvalue weighted by Gasteiger charge is 2.14. The van der Waals surface area contributed by atoms with Gasteiger partial charge in [-0.1, -0.05) is 17.7 Å². The molecule has 0 saturated heterocycles. The molecular formula is C16H21NO4. The van der Waals surface area contributed by atoms with Gasteiger partial charge in [-0.25, -0.2) is 0 Å². The third-order valence-electron chi connectivity index (χ3n) is 3.16. The first-order chi connectivity index (χ1) is 9.79. The van der Waals surface area contributed by atoms with Gasteiger partial charge in [0.05, 0.1) is 6.42 Å². The third-order valence-corrected chi connectivity index (χ3v) is 3.16. The van der Waals surface area contributed by atoms with Crippen molar-refractivity contribution in [3.8, 4) is 0 Å². The van der Waals surface area contributed by atoms with Crippen LogP contribution >= 0.6 is 0 Å². The summed E-state index contributed by atoms with van der Waals surface area (Å²) in [7, 11) is 0. The molecule has 1 atom stereocenters. The summed E-state index contributed by atoms with van der Waals surface area (Å²) in [5.74, 6) is -1.34. The maximum Gasteiger partial charge on any atom is 0.305 e. The molecule has 0 aliphatic rings. The molecule has 0 fully saturated rings. The third kappa shape index (κ3) is 5.77. The Bertz CT molecular complexity index is 551. The van der Waals surface area contributed by atoms with Crippen molar-refractivity contribution in [2.24, 2.45) is 0 Å². The van der Waals surface area contributed by atoms with Gasteiger partial charge < -0.3 is 10.4 Å². The molecule has 0 aromatic heterocycles. The van der Waals surface area contributed by atoms with E-state index in [1.165, 1.54) is 0 Å². The van der Waals surface area contributed by atoms with Crippen molar-refractivity contribution in [1.82, 2.24) is 5.32 Å². The largest absolute Gasteiger partial charge is 0.481 e. The second-order valence-electron chi connectivity index (χ2n) is 5.31. The van der Waals surface area contributed by atoms with Crippen LogP contribution in [0.5, 0.6) is 0 Å². The van der Waals surface area contributed by atoms with Gasteiger partial charge in [-0.2, -0.15) is 0 Å². The Morgan fingerprint density at radius 2 is 1.86 bits per heavy atom. The molecule has 1 aromatic carbocycles. The fourth-order valence-electron chi connectivity index (χ4n) is 2.06. The second kappa shape index (κ2) is 7.57. The Morgan fingerprint density at radius 1 is 1.19 bits per heavy atom. The number of amides is 1. The molecule has 5 heteroatoms. The maximum absolute atomic E-state index is 12.1. The molecule has 0 radical (unpaired) electrons. The minimum absolute atomic E-state index is 0.0656. The van der Waals surface area contributed by atoms with Gasteiger partial charge in [0.25, 0.3) is 0 Å².